The Kier molecular flexibility index (Phi) is 5.21. The van der Waals surface area contributed by atoms with Crippen molar-refractivity contribution in [3.8, 4) is 0 Å². The van der Waals surface area contributed by atoms with E-state index in [1.165, 1.54) is 4.90 Å². The standard InChI is InChI=1S/C12H14Cl2FN3O3/c13-9-3-16-11(14)8(10(9)15)5-17-1-2-18(12(20)21)4-7(17)6-19/h3,7,19H,1-2,4-6H2,(H,20,21)/t7-/m1/s1. The normalized spacial score (nSPS) is 19.8. The number of halogens is 3. The molecule has 0 radical (unpaired) electrons. The molecule has 0 aliphatic carbocycles. The summed E-state index contributed by atoms with van der Waals surface area (Å²) in [7, 11) is 0. The summed E-state index contributed by atoms with van der Waals surface area (Å²) in [6.07, 6.45) is 0.0935. The maximum absolute atomic E-state index is 14.0. The minimum absolute atomic E-state index is 0.00857. The van der Waals surface area contributed by atoms with Crippen LogP contribution in [-0.4, -0.2) is 63.4 Å². The molecule has 0 spiro atoms. The van der Waals surface area contributed by atoms with E-state index in [0.717, 1.165) is 6.20 Å². The molecule has 2 heterocycles. The molecule has 1 aliphatic heterocycles. The van der Waals surface area contributed by atoms with Crippen molar-refractivity contribution >= 4 is 29.3 Å². The third-order valence-corrected chi connectivity index (χ3v) is 4.05. The third kappa shape index (κ3) is 3.55. The van der Waals surface area contributed by atoms with Crippen LogP contribution >= 0.6 is 23.2 Å². The maximum atomic E-state index is 14.0. The molecule has 9 heteroatoms. The van der Waals surface area contributed by atoms with Crippen LogP contribution in [0.5, 0.6) is 0 Å². The minimum Gasteiger partial charge on any atom is -0.465 e. The average Bonchev–Trinajstić information content (AvgIpc) is 2.47. The van der Waals surface area contributed by atoms with Gasteiger partial charge in [0.15, 0.2) is 5.82 Å². The Labute approximate surface area is 130 Å². The highest BCUT2D eigenvalue weighted by Crippen LogP contribution is 2.25. The molecular weight excluding hydrogens is 324 g/mol. The highest BCUT2D eigenvalue weighted by Gasteiger charge is 2.30. The SMILES string of the molecule is O=C(O)N1CCN(Cc2c(Cl)ncc(Cl)c2F)[C@@H](CO)C1. The summed E-state index contributed by atoms with van der Waals surface area (Å²) < 4.78 is 14.0. The zero-order chi connectivity index (χ0) is 15.6. The molecule has 1 aliphatic rings. The van der Waals surface area contributed by atoms with Crippen LogP contribution in [0.1, 0.15) is 5.56 Å². The zero-order valence-corrected chi connectivity index (χ0v) is 12.5. The predicted molar refractivity (Wildman–Crippen MR) is 75.1 cm³/mol. The van der Waals surface area contributed by atoms with E-state index in [1.807, 2.05) is 0 Å². The number of aliphatic hydroxyl groups is 1. The molecule has 6 nitrogen and oxygen atoms in total. The number of aliphatic hydroxyl groups excluding tert-OH is 1. The van der Waals surface area contributed by atoms with Crippen LogP contribution < -0.4 is 0 Å². The predicted octanol–water partition coefficient (Wildman–Crippen LogP) is 1.68. The average molecular weight is 338 g/mol. The zero-order valence-electron chi connectivity index (χ0n) is 11.0. The number of hydrogen-bond acceptors (Lipinski definition) is 4. The smallest absolute Gasteiger partial charge is 0.407 e. The van der Waals surface area contributed by atoms with E-state index in [2.05, 4.69) is 4.98 Å². The van der Waals surface area contributed by atoms with E-state index < -0.39 is 18.0 Å². The molecule has 116 valence electrons. The van der Waals surface area contributed by atoms with Crippen LogP contribution in [-0.2, 0) is 6.54 Å². The molecule has 21 heavy (non-hydrogen) atoms. The van der Waals surface area contributed by atoms with E-state index in [-0.39, 0.29) is 42.0 Å². The quantitative estimate of drug-likeness (QED) is 0.820. The van der Waals surface area contributed by atoms with Gasteiger partial charge in [0.1, 0.15) is 5.15 Å². The van der Waals surface area contributed by atoms with Crippen molar-refractivity contribution < 1.29 is 19.4 Å². The number of carboxylic acid groups (broad SMARTS) is 1. The van der Waals surface area contributed by atoms with Crippen molar-refractivity contribution in [1.29, 1.82) is 0 Å². The molecule has 1 amide bonds. The largest absolute Gasteiger partial charge is 0.465 e. The number of carbonyl (C=O) groups is 1. The van der Waals surface area contributed by atoms with E-state index >= 15 is 0 Å². The lowest BCUT2D eigenvalue weighted by Crippen LogP contribution is -2.55. The summed E-state index contributed by atoms with van der Waals surface area (Å²) in [6.45, 7) is 0.659. The summed E-state index contributed by atoms with van der Waals surface area (Å²) in [4.78, 5) is 17.7. The second kappa shape index (κ2) is 6.74. The van der Waals surface area contributed by atoms with E-state index in [0.29, 0.717) is 6.54 Å². The number of hydrogen-bond donors (Lipinski definition) is 2. The van der Waals surface area contributed by atoms with Crippen LogP contribution in [0.3, 0.4) is 0 Å². The highest BCUT2D eigenvalue weighted by atomic mass is 35.5. The molecule has 1 saturated heterocycles. The summed E-state index contributed by atoms with van der Waals surface area (Å²) in [6, 6.07) is -0.427. The summed E-state index contributed by atoms with van der Waals surface area (Å²) >= 11 is 11.6. The second-order valence-corrected chi connectivity index (χ2v) is 5.49. The van der Waals surface area contributed by atoms with Gasteiger partial charge < -0.3 is 15.1 Å². The number of pyridine rings is 1. The molecule has 0 saturated carbocycles. The lowest BCUT2D eigenvalue weighted by Gasteiger charge is -2.39. The molecule has 1 atom stereocenters. The van der Waals surface area contributed by atoms with Crippen molar-refractivity contribution in [3.63, 3.8) is 0 Å². The molecule has 1 aromatic rings. The molecule has 0 unspecified atom stereocenters. The first kappa shape index (κ1) is 16.2. The maximum Gasteiger partial charge on any atom is 0.407 e. The van der Waals surface area contributed by atoms with Gasteiger partial charge in [-0.25, -0.2) is 14.2 Å². The number of piperazine rings is 1. The van der Waals surface area contributed by atoms with Crippen molar-refractivity contribution in [1.82, 2.24) is 14.8 Å². The molecule has 0 aromatic carbocycles. The molecule has 2 N–H and O–H groups in total. The Morgan fingerprint density at radius 1 is 1.48 bits per heavy atom. The van der Waals surface area contributed by atoms with Crippen molar-refractivity contribution in [2.24, 2.45) is 0 Å². The van der Waals surface area contributed by atoms with Crippen LogP contribution in [0.2, 0.25) is 10.2 Å². The number of amides is 1. The Morgan fingerprint density at radius 3 is 2.81 bits per heavy atom. The molecule has 2 rings (SSSR count). The second-order valence-electron chi connectivity index (χ2n) is 4.72. The Hall–Kier alpha value is -1.15. The fourth-order valence-corrected chi connectivity index (χ4v) is 2.62. The first-order valence-corrected chi connectivity index (χ1v) is 7.00. The summed E-state index contributed by atoms with van der Waals surface area (Å²) in [5, 5.41) is 18.3. The van der Waals surface area contributed by atoms with Gasteiger partial charge in [0.05, 0.1) is 23.9 Å². The van der Waals surface area contributed by atoms with Gasteiger partial charge in [0, 0.05) is 31.7 Å². The third-order valence-electron chi connectivity index (χ3n) is 3.46. The summed E-state index contributed by atoms with van der Waals surface area (Å²) in [5.41, 5.74) is 0.145. The van der Waals surface area contributed by atoms with Gasteiger partial charge in [-0.2, -0.15) is 0 Å². The first-order valence-electron chi connectivity index (χ1n) is 6.25. The van der Waals surface area contributed by atoms with E-state index in [4.69, 9.17) is 28.3 Å². The van der Waals surface area contributed by atoms with Crippen LogP contribution in [0.15, 0.2) is 6.20 Å². The topological polar surface area (TPSA) is 76.9 Å². The van der Waals surface area contributed by atoms with Gasteiger partial charge in [-0.3, -0.25) is 4.90 Å². The fourth-order valence-electron chi connectivity index (χ4n) is 2.27. The van der Waals surface area contributed by atoms with Gasteiger partial charge >= 0.3 is 6.09 Å². The fraction of sp³-hybridized carbons (Fsp3) is 0.500. The van der Waals surface area contributed by atoms with Crippen molar-refractivity contribution in [2.75, 3.05) is 26.2 Å². The Morgan fingerprint density at radius 2 is 2.19 bits per heavy atom. The molecule has 0 bridgehead atoms. The Bertz CT molecular complexity index is 547. The van der Waals surface area contributed by atoms with Crippen LogP contribution in [0.4, 0.5) is 9.18 Å². The summed E-state index contributed by atoms with van der Waals surface area (Å²) in [5.74, 6) is -0.644. The van der Waals surface area contributed by atoms with Crippen molar-refractivity contribution in [3.05, 3.63) is 27.8 Å². The molecule has 1 aromatic heterocycles. The Balaban J connectivity index is 2.16. The van der Waals surface area contributed by atoms with Gasteiger partial charge in [0.25, 0.3) is 0 Å². The number of aromatic nitrogens is 1. The molecular formula is C12H14Cl2FN3O3. The lowest BCUT2D eigenvalue weighted by atomic mass is 10.1. The van der Waals surface area contributed by atoms with E-state index in [9.17, 15) is 14.3 Å². The van der Waals surface area contributed by atoms with Gasteiger partial charge in [-0.05, 0) is 0 Å². The van der Waals surface area contributed by atoms with Crippen LogP contribution in [0, 0.1) is 5.82 Å². The van der Waals surface area contributed by atoms with Crippen LogP contribution in [0.25, 0.3) is 0 Å². The van der Waals surface area contributed by atoms with E-state index in [1.54, 1.807) is 4.90 Å². The van der Waals surface area contributed by atoms with Gasteiger partial charge in [-0.1, -0.05) is 23.2 Å². The van der Waals surface area contributed by atoms with Gasteiger partial charge in [-0.15, -0.1) is 0 Å². The minimum atomic E-state index is -1.04. The lowest BCUT2D eigenvalue weighted by molar-refractivity contribution is 0.0362. The highest BCUT2D eigenvalue weighted by molar-refractivity contribution is 6.32. The van der Waals surface area contributed by atoms with Crippen molar-refractivity contribution in [2.45, 2.75) is 12.6 Å². The number of nitrogens with zero attached hydrogens (tertiary/aromatic N) is 3. The first-order chi connectivity index (χ1) is 9.93. The molecule has 1 fully saturated rings. The van der Waals surface area contributed by atoms with Gasteiger partial charge in [0.2, 0.25) is 0 Å². The monoisotopic (exact) mass is 337 g/mol. The number of rotatable bonds is 3.